The van der Waals surface area contributed by atoms with Gasteiger partial charge >= 0.3 is 0 Å². The van der Waals surface area contributed by atoms with Crippen molar-refractivity contribution in [1.29, 1.82) is 0 Å². The monoisotopic (exact) mass is 205 g/mol. The van der Waals surface area contributed by atoms with E-state index in [4.69, 9.17) is 5.73 Å². The van der Waals surface area contributed by atoms with Crippen molar-refractivity contribution in [3.05, 3.63) is 18.0 Å². The fourth-order valence-corrected chi connectivity index (χ4v) is 1.51. The first kappa shape index (κ1) is 9.89. The molecule has 0 fully saturated rings. The second-order valence-electron chi connectivity index (χ2n) is 3.76. The molecule has 0 aliphatic carbocycles. The molecule has 0 saturated heterocycles. The van der Waals surface area contributed by atoms with Crippen LogP contribution < -0.4 is 5.73 Å². The van der Waals surface area contributed by atoms with Gasteiger partial charge in [-0.2, -0.15) is 10.2 Å². The first-order valence-electron chi connectivity index (χ1n) is 5.13. The lowest BCUT2D eigenvalue weighted by Gasteiger charge is -2.14. The molecule has 1 unspecified atom stereocenters. The Morgan fingerprint density at radius 1 is 1.53 bits per heavy atom. The molecule has 0 aromatic carbocycles. The Kier molecular flexibility index (Phi) is 2.53. The van der Waals surface area contributed by atoms with Gasteiger partial charge in [-0.05, 0) is 6.92 Å². The van der Waals surface area contributed by atoms with Gasteiger partial charge in [0.2, 0.25) is 0 Å². The Morgan fingerprint density at radius 3 is 2.93 bits per heavy atom. The predicted molar refractivity (Wildman–Crippen MR) is 59.8 cm³/mol. The van der Waals surface area contributed by atoms with Gasteiger partial charge in [-0.25, -0.2) is 0 Å². The molecule has 0 bridgehead atoms. The predicted octanol–water partition coefficient (Wildman–Crippen LogP) is 1.00. The van der Waals surface area contributed by atoms with Crippen molar-refractivity contribution < 1.29 is 0 Å². The van der Waals surface area contributed by atoms with Crippen LogP contribution in [0.4, 0.5) is 0 Å². The maximum absolute atomic E-state index is 5.67. The molecule has 1 aromatic heterocycles. The molecule has 5 nitrogen and oxygen atoms in total. The zero-order valence-electron chi connectivity index (χ0n) is 9.01. The van der Waals surface area contributed by atoms with Crippen LogP contribution in [-0.2, 0) is 6.54 Å². The Labute approximate surface area is 88.7 Å². The van der Waals surface area contributed by atoms with Gasteiger partial charge in [0.1, 0.15) is 5.84 Å². The van der Waals surface area contributed by atoms with Gasteiger partial charge in [0.25, 0.3) is 0 Å². The Balaban J connectivity index is 2.25. The lowest BCUT2D eigenvalue weighted by atomic mass is 9.99. The van der Waals surface area contributed by atoms with E-state index in [9.17, 15) is 0 Å². The Morgan fingerprint density at radius 2 is 2.33 bits per heavy atom. The number of rotatable bonds is 2. The minimum atomic E-state index is 0.266. The highest BCUT2D eigenvalue weighted by Crippen LogP contribution is 2.15. The molecule has 80 valence electrons. The smallest absolute Gasteiger partial charge is 0.125 e. The van der Waals surface area contributed by atoms with E-state index in [1.807, 2.05) is 17.1 Å². The van der Waals surface area contributed by atoms with Crippen LogP contribution in [-0.4, -0.2) is 21.3 Å². The van der Waals surface area contributed by atoms with Crippen molar-refractivity contribution in [2.45, 2.75) is 26.8 Å². The van der Waals surface area contributed by atoms with E-state index < -0.39 is 0 Å². The normalized spacial score (nSPS) is 21.1. The minimum absolute atomic E-state index is 0.266. The molecular weight excluding hydrogens is 190 g/mol. The van der Waals surface area contributed by atoms with Crippen LogP contribution in [0, 0.1) is 5.92 Å². The maximum Gasteiger partial charge on any atom is 0.125 e. The van der Waals surface area contributed by atoms with Gasteiger partial charge in [-0.1, -0.05) is 6.92 Å². The number of nitrogens with two attached hydrogens (primary N) is 1. The third-order valence-electron chi connectivity index (χ3n) is 2.58. The van der Waals surface area contributed by atoms with E-state index in [2.05, 4.69) is 29.1 Å². The molecule has 0 radical (unpaired) electrons. The molecule has 15 heavy (non-hydrogen) atoms. The largest absolute Gasteiger partial charge is 0.385 e. The van der Waals surface area contributed by atoms with E-state index in [1.54, 1.807) is 0 Å². The van der Waals surface area contributed by atoms with Crippen LogP contribution in [0.25, 0.3) is 0 Å². The summed E-state index contributed by atoms with van der Waals surface area (Å²) in [7, 11) is 0. The van der Waals surface area contributed by atoms with Crippen LogP contribution >= 0.6 is 0 Å². The molecule has 1 atom stereocenters. The molecule has 1 aromatic rings. The topological polar surface area (TPSA) is 68.6 Å². The van der Waals surface area contributed by atoms with Gasteiger partial charge in [-0.3, -0.25) is 4.68 Å². The summed E-state index contributed by atoms with van der Waals surface area (Å²) in [6, 6.07) is 0. The van der Waals surface area contributed by atoms with Crippen LogP contribution in [0.3, 0.4) is 0 Å². The summed E-state index contributed by atoms with van der Waals surface area (Å²) in [4.78, 5) is 0. The standard InChI is InChI=1S/C10H15N5/c1-3-15-6-8(5-12-15)9-4-7(2)10(11)14-13-9/h5-7H,3-4H2,1-2H3,(H2,11,14). The lowest BCUT2D eigenvalue weighted by molar-refractivity contribution is 0.659. The van der Waals surface area contributed by atoms with E-state index >= 15 is 0 Å². The Bertz CT molecular complexity index is 415. The summed E-state index contributed by atoms with van der Waals surface area (Å²) in [6.07, 6.45) is 4.65. The van der Waals surface area contributed by atoms with E-state index in [1.165, 1.54) is 0 Å². The SMILES string of the molecule is CCn1cc(C2=NN=C(N)C(C)C2)cn1. The van der Waals surface area contributed by atoms with Crippen LogP contribution in [0.2, 0.25) is 0 Å². The van der Waals surface area contributed by atoms with Gasteiger partial charge < -0.3 is 5.73 Å². The van der Waals surface area contributed by atoms with Crippen molar-refractivity contribution in [3.8, 4) is 0 Å². The van der Waals surface area contributed by atoms with E-state index in [0.717, 1.165) is 24.2 Å². The zero-order chi connectivity index (χ0) is 10.8. The number of aryl methyl sites for hydroxylation is 1. The number of nitrogens with zero attached hydrogens (tertiary/aromatic N) is 4. The second-order valence-corrected chi connectivity index (χ2v) is 3.76. The maximum atomic E-state index is 5.67. The molecule has 0 spiro atoms. The molecule has 1 aliphatic rings. The average Bonchev–Trinajstić information content (AvgIpc) is 2.70. The number of hydrogen-bond donors (Lipinski definition) is 1. The average molecular weight is 205 g/mol. The molecule has 1 aliphatic heterocycles. The highest BCUT2D eigenvalue weighted by Gasteiger charge is 2.17. The molecule has 2 rings (SSSR count). The van der Waals surface area contributed by atoms with Crippen LogP contribution in [0.5, 0.6) is 0 Å². The fourth-order valence-electron chi connectivity index (χ4n) is 1.51. The number of aromatic nitrogens is 2. The summed E-state index contributed by atoms with van der Waals surface area (Å²) >= 11 is 0. The van der Waals surface area contributed by atoms with Crippen LogP contribution in [0.15, 0.2) is 22.6 Å². The Hall–Kier alpha value is -1.65. The molecule has 2 N–H and O–H groups in total. The third-order valence-corrected chi connectivity index (χ3v) is 2.58. The lowest BCUT2D eigenvalue weighted by Crippen LogP contribution is -2.26. The van der Waals surface area contributed by atoms with E-state index in [-0.39, 0.29) is 5.92 Å². The van der Waals surface area contributed by atoms with Gasteiger partial charge in [0.15, 0.2) is 0 Å². The minimum Gasteiger partial charge on any atom is -0.385 e. The fraction of sp³-hybridized carbons (Fsp3) is 0.500. The molecular formula is C10H15N5. The van der Waals surface area contributed by atoms with E-state index in [0.29, 0.717) is 5.84 Å². The highest BCUT2D eigenvalue weighted by molar-refractivity contribution is 6.04. The summed E-state index contributed by atoms with van der Waals surface area (Å²) in [5.41, 5.74) is 7.68. The van der Waals surface area contributed by atoms with Gasteiger partial charge in [0.05, 0.1) is 11.9 Å². The quantitative estimate of drug-likeness (QED) is 0.782. The second kappa shape index (κ2) is 3.84. The first-order chi connectivity index (χ1) is 7.20. The number of amidine groups is 1. The van der Waals surface area contributed by atoms with Crippen molar-refractivity contribution in [1.82, 2.24) is 9.78 Å². The third kappa shape index (κ3) is 1.91. The van der Waals surface area contributed by atoms with Crippen molar-refractivity contribution in [2.75, 3.05) is 0 Å². The molecule has 5 heteroatoms. The van der Waals surface area contributed by atoms with Gasteiger partial charge in [0, 0.05) is 30.6 Å². The first-order valence-corrected chi connectivity index (χ1v) is 5.13. The van der Waals surface area contributed by atoms with Crippen molar-refractivity contribution in [3.63, 3.8) is 0 Å². The summed E-state index contributed by atoms with van der Waals surface area (Å²) in [5.74, 6) is 0.879. The van der Waals surface area contributed by atoms with Crippen molar-refractivity contribution in [2.24, 2.45) is 21.9 Å². The summed E-state index contributed by atoms with van der Waals surface area (Å²) in [5, 5.41) is 12.3. The molecule has 0 amide bonds. The molecule has 0 saturated carbocycles. The van der Waals surface area contributed by atoms with Gasteiger partial charge in [-0.15, -0.1) is 5.10 Å². The zero-order valence-corrected chi connectivity index (χ0v) is 9.01. The summed E-state index contributed by atoms with van der Waals surface area (Å²) < 4.78 is 1.88. The van der Waals surface area contributed by atoms with Crippen LogP contribution in [0.1, 0.15) is 25.8 Å². The molecule has 2 heterocycles. The summed E-state index contributed by atoms with van der Waals surface area (Å²) in [6.45, 7) is 4.98. The van der Waals surface area contributed by atoms with Crippen molar-refractivity contribution >= 4 is 11.5 Å². The number of hydrogen-bond acceptors (Lipinski definition) is 4. The highest BCUT2D eigenvalue weighted by atomic mass is 15.3.